The third-order valence-electron chi connectivity index (χ3n) is 4.54. The van der Waals surface area contributed by atoms with Crippen LogP contribution in [0.1, 0.15) is 35.3 Å². The molecule has 0 amide bonds. The number of nitrogens with zero attached hydrogens (tertiary/aromatic N) is 1. The molecule has 0 bridgehead atoms. The van der Waals surface area contributed by atoms with Gasteiger partial charge in [0.1, 0.15) is 18.2 Å². The first-order valence-electron chi connectivity index (χ1n) is 8.25. The molecule has 0 saturated carbocycles. The Labute approximate surface area is 151 Å². The number of fused-ring (bicyclic) bond motifs is 3. The Balaban J connectivity index is 1.70. The zero-order valence-corrected chi connectivity index (χ0v) is 14.8. The van der Waals surface area contributed by atoms with E-state index >= 15 is 0 Å². The summed E-state index contributed by atoms with van der Waals surface area (Å²) in [5.74, 6) is 1.63. The standard InChI is InChI=1S/C20H18ClNO3/c1-12(2)22-10-16-17(24-11-22)8-7-15-19(23)18(25-20(15)16)9-13-3-5-14(21)6-4-13/h3-9,12H,10-11H2,1-2H3/b18-9-. The van der Waals surface area contributed by atoms with E-state index < -0.39 is 0 Å². The zero-order valence-electron chi connectivity index (χ0n) is 14.1. The Morgan fingerprint density at radius 1 is 1.16 bits per heavy atom. The van der Waals surface area contributed by atoms with E-state index in [0.29, 0.717) is 41.4 Å². The van der Waals surface area contributed by atoms with Gasteiger partial charge in [0, 0.05) is 17.6 Å². The second-order valence-electron chi connectivity index (χ2n) is 6.52. The molecule has 0 unspecified atom stereocenters. The van der Waals surface area contributed by atoms with Gasteiger partial charge in [-0.1, -0.05) is 23.7 Å². The van der Waals surface area contributed by atoms with Crippen LogP contribution < -0.4 is 9.47 Å². The highest BCUT2D eigenvalue weighted by Crippen LogP contribution is 2.42. The van der Waals surface area contributed by atoms with E-state index in [1.165, 1.54) is 0 Å². The summed E-state index contributed by atoms with van der Waals surface area (Å²) in [6, 6.07) is 11.3. The first-order chi connectivity index (χ1) is 12.0. The van der Waals surface area contributed by atoms with Crippen LogP contribution in [0.15, 0.2) is 42.2 Å². The van der Waals surface area contributed by atoms with Crippen molar-refractivity contribution in [1.82, 2.24) is 4.90 Å². The molecule has 2 heterocycles. The number of Topliss-reactive ketones (excluding diaryl/α,β-unsaturated/α-hetero) is 1. The Hall–Kier alpha value is -2.30. The van der Waals surface area contributed by atoms with Gasteiger partial charge in [-0.05, 0) is 49.8 Å². The van der Waals surface area contributed by atoms with Crippen LogP contribution in [0.2, 0.25) is 5.02 Å². The maximum atomic E-state index is 12.7. The molecule has 0 aromatic heterocycles. The van der Waals surface area contributed by atoms with Crippen LogP contribution >= 0.6 is 11.6 Å². The molecule has 0 atom stereocenters. The normalized spacial score (nSPS) is 18.1. The fourth-order valence-electron chi connectivity index (χ4n) is 3.02. The van der Waals surface area contributed by atoms with Crippen molar-refractivity contribution in [3.63, 3.8) is 0 Å². The predicted octanol–water partition coefficient (Wildman–Crippen LogP) is 4.52. The van der Waals surface area contributed by atoms with Gasteiger partial charge in [-0.15, -0.1) is 0 Å². The number of halogens is 1. The van der Waals surface area contributed by atoms with Gasteiger partial charge in [-0.3, -0.25) is 9.69 Å². The Kier molecular flexibility index (Phi) is 4.02. The Morgan fingerprint density at radius 2 is 1.92 bits per heavy atom. The molecule has 25 heavy (non-hydrogen) atoms. The minimum absolute atomic E-state index is 0.102. The van der Waals surface area contributed by atoms with Crippen molar-refractivity contribution in [2.45, 2.75) is 26.4 Å². The average Bonchev–Trinajstić information content (AvgIpc) is 2.93. The van der Waals surface area contributed by atoms with Crippen molar-refractivity contribution >= 4 is 23.5 Å². The molecule has 4 rings (SSSR count). The molecule has 0 fully saturated rings. The molecule has 2 aliphatic heterocycles. The molecular formula is C20H18ClNO3. The third kappa shape index (κ3) is 2.92. The number of carbonyl (C=O) groups is 1. The van der Waals surface area contributed by atoms with Gasteiger partial charge in [-0.25, -0.2) is 0 Å². The van der Waals surface area contributed by atoms with Gasteiger partial charge in [0.2, 0.25) is 5.78 Å². The van der Waals surface area contributed by atoms with Crippen molar-refractivity contribution in [3.8, 4) is 11.5 Å². The quantitative estimate of drug-likeness (QED) is 0.743. The van der Waals surface area contributed by atoms with E-state index in [1.807, 2.05) is 18.2 Å². The van der Waals surface area contributed by atoms with Gasteiger partial charge in [0.15, 0.2) is 5.76 Å². The molecule has 0 radical (unpaired) electrons. The molecule has 0 saturated heterocycles. The highest BCUT2D eigenvalue weighted by molar-refractivity contribution is 6.30. The van der Waals surface area contributed by atoms with Crippen LogP contribution in [0.4, 0.5) is 0 Å². The summed E-state index contributed by atoms with van der Waals surface area (Å²) in [6.07, 6.45) is 1.74. The fourth-order valence-corrected chi connectivity index (χ4v) is 3.14. The Bertz CT molecular complexity index is 871. The van der Waals surface area contributed by atoms with Gasteiger partial charge in [0.25, 0.3) is 0 Å². The molecule has 5 heteroatoms. The molecule has 0 spiro atoms. The highest BCUT2D eigenvalue weighted by Gasteiger charge is 2.33. The average molecular weight is 356 g/mol. The first-order valence-corrected chi connectivity index (χ1v) is 8.63. The number of ketones is 1. The van der Waals surface area contributed by atoms with E-state index in [0.717, 1.165) is 16.9 Å². The van der Waals surface area contributed by atoms with Crippen LogP contribution in [0.3, 0.4) is 0 Å². The highest BCUT2D eigenvalue weighted by atomic mass is 35.5. The van der Waals surface area contributed by atoms with E-state index in [9.17, 15) is 4.79 Å². The molecular weight excluding hydrogens is 338 g/mol. The molecule has 128 valence electrons. The SMILES string of the molecule is CC(C)N1COc2ccc3c(c2C1)O/C(=C\c1ccc(Cl)cc1)C3=O. The lowest BCUT2D eigenvalue weighted by Gasteiger charge is -2.32. The van der Waals surface area contributed by atoms with Crippen LogP contribution in [0, 0.1) is 0 Å². The van der Waals surface area contributed by atoms with Gasteiger partial charge < -0.3 is 9.47 Å². The third-order valence-corrected chi connectivity index (χ3v) is 4.80. The van der Waals surface area contributed by atoms with Crippen LogP contribution in [-0.2, 0) is 6.54 Å². The van der Waals surface area contributed by atoms with Gasteiger partial charge in [-0.2, -0.15) is 0 Å². The summed E-state index contributed by atoms with van der Waals surface area (Å²) in [5, 5.41) is 0.657. The van der Waals surface area contributed by atoms with Gasteiger partial charge in [0.05, 0.1) is 11.1 Å². The number of carbonyl (C=O) groups excluding carboxylic acids is 1. The van der Waals surface area contributed by atoms with E-state index in [1.54, 1.807) is 24.3 Å². The maximum absolute atomic E-state index is 12.7. The lowest BCUT2D eigenvalue weighted by Crippen LogP contribution is -2.37. The second-order valence-corrected chi connectivity index (χ2v) is 6.96. The van der Waals surface area contributed by atoms with Gasteiger partial charge >= 0.3 is 0 Å². The van der Waals surface area contributed by atoms with Crippen molar-refractivity contribution < 1.29 is 14.3 Å². The topological polar surface area (TPSA) is 38.8 Å². The van der Waals surface area contributed by atoms with Crippen molar-refractivity contribution in [1.29, 1.82) is 0 Å². The Morgan fingerprint density at radius 3 is 2.64 bits per heavy atom. The first kappa shape index (κ1) is 16.2. The maximum Gasteiger partial charge on any atom is 0.231 e. The smallest absolute Gasteiger partial charge is 0.231 e. The second kappa shape index (κ2) is 6.21. The lowest BCUT2D eigenvalue weighted by atomic mass is 10.0. The van der Waals surface area contributed by atoms with Crippen molar-refractivity contribution in [2.24, 2.45) is 0 Å². The minimum Gasteiger partial charge on any atom is -0.478 e. The fraction of sp³-hybridized carbons (Fsp3) is 0.250. The molecule has 0 aliphatic carbocycles. The monoisotopic (exact) mass is 355 g/mol. The lowest BCUT2D eigenvalue weighted by molar-refractivity contribution is 0.0674. The summed E-state index contributed by atoms with van der Waals surface area (Å²) in [5.41, 5.74) is 2.40. The number of allylic oxidation sites excluding steroid dienone is 1. The van der Waals surface area contributed by atoms with Crippen molar-refractivity contribution in [3.05, 3.63) is 63.9 Å². The number of rotatable bonds is 2. The van der Waals surface area contributed by atoms with E-state index in [2.05, 4.69) is 18.7 Å². The van der Waals surface area contributed by atoms with Crippen molar-refractivity contribution in [2.75, 3.05) is 6.73 Å². The molecule has 0 N–H and O–H groups in total. The summed E-state index contributed by atoms with van der Waals surface area (Å²) in [7, 11) is 0. The number of ether oxygens (including phenoxy) is 2. The minimum atomic E-state index is -0.102. The summed E-state index contributed by atoms with van der Waals surface area (Å²) < 4.78 is 11.8. The molecule has 2 aromatic rings. The van der Waals surface area contributed by atoms with Crippen LogP contribution in [0.5, 0.6) is 11.5 Å². The molecule has 2 aliphatic rings. The predicted molar refractivity (Wildman–Crippen MR) is 97.0 cm³/mol. The zero-order chi connectivity index (χ0) is 17.6. The summed E-state index contributed by atoms with van der Waals surface area (Å²) in [6.45, 7) is 5.49. The molecule has 2 aromatic carbocycles. The van der Waals surface area contributed by atoms with Crippen LogP contribution in [-0.4, -0.2) is 23.5 Å². The number of hydrogen-bond acceptors (Lipinski definition) is 4. The molecule has 4 nitrogen and oxygen atoms in total. The van der Waals surface area contributed by atoms with Crippen LogP contribution in [0.25, 0.3) is 6.08 Å². The van der Waals surface area contributed by atoms with E-state index in [-0.39, 0.29) is 5.78 Å². The van der Waals surface area contributed by atoms with E-state index in [4.69, 9.17) is 21.1 Å². The summed E-state index contributed by atoms with van der Waals surface area (Å²) >= 11 is 5.91. The summed E-state index contributed by atoms with van der Waals surface area (Å²) in [4.78, 5) is 14.9. The number of benzene rings is 2. The largest absolute Gasteiger partial charge is 0.478 e. The number of hydrogen-bond donors (Lipinski definition) is 0.